The number of aromatic amines is 1. The molecule has 0 aliphatic heterocycles. The maximum absolute atomic E-state index is 13.4. The molecule has 0 unspecified atom stereocenters. The highest BCUT2D eigenvalue weighted by atomic mass is 19.4. The minimum atomic E-state index is -4.72. The summed E-state index contributed by atoms with van der Waals surface area (Å²) < 4.78 is 45.0. The molecular formula is C18H13F3N4O4. The van der Waals surface area contributed by atoms with E-state index in [4.69, 9.17) is 4.74 Å². The van der Waals surface area contributed by atoms with Crippen LogP contribution in [-0.4, -0.2) is 28.1 Å². The lowest BCUT2D eigenvalue weighted by Crippen LogP contribution is -2.14. The van der Waals surface area contributed by atoms with Crippen molar-refractivity contribution in [3.05, 3.63) is 69.9 Å². The molecule has 0 atom stereocenters. The number of alkyl halides is 3. The van der Waals surface area contributed by atoms with Crippen LogP contribution in [0.3, 0.4) is 0 Å². The molecule has 1 amide bonds. The van der Waals surface area contributed by atoms with Crippen LogP contribution in [-0.2, 0) is 6.18 Å². The van der Waals surface area contributed by atoms with Crippen LogP contribution in [0.25, 0.3) is 11.1 Å². The van der Waals surface area contributed by atoms with Crippen LogP contribution >= 0.6 is 0 Å². The van der Waals surface area contributed by atoms with Crippen LogP contribution in [0.4, 0.5) is 24.7 Å². The van der Waals surface area contributed by atoms with Gasteiger partial charge in [0.15, 0.2) is 11.6 Å². The van der Waals surface area contributed by atoms with Crippen molar-refractivity contribution in [3.63, 3.8) is 0 Å². The summed E-state index contributed by atoms with van der Waals surface area (Å²) in [5.74, 6) is -1.30. The molecule has 3 rings (SSSR count). The maximum atomic E-state index is 13.4. The second-order valence-corrected chi connectivity index (χ2v) is 5.78. The van der Waals surface area contributed by atoms with E-state index in [0.29, 0.717) is 0 Å². The summed E-state index contributed by atoms with van der Waals surface area (Å²) in [6, 6.07) is 11.0. The Kier molecular flexibility index (Phi) is 5.22. The molecule has 0 fully saturated rings. The number of aromatic nitrogens is 2. The quantitative estimate of drug-likeness (QED) is 0.486. The topological polar surface area (TPSA) is 110 Å². The van der Waals surface area contributed by atoms with E-state index in [1.54, 1.807) is 18.2 Å². The van der Waals surface area contributed by atoms with Crippen molar-refractivity contribution in [2.75, 3.05) is 12.4 Å². The van der Waals surface area contributed by atoms with E-state index < -0.39 is 22.7 Å². The zero-order valence-corrected chi connectivity index (χ0v) is 14.8. The Hall–Kier alpha value is -3.89. The summed E-state index contributed by atoms with van der Waals surface area (Å²) in [5, 5.41) is 18.8. The molecule has 0 saturated carbocycles. The van der Waals surface area contributed by atoms with Crippen molar-refractivity contribution < 1.29 is 27.6 Å². The molecule has 2 N–H and O–H groups in total. The molecule has 3 aromatic rings. The number of hydrogen-bond donors (Lipinski definition) is 2. The third-order valence-corrected chi connectivity index (χ3v) is 3.98. The van der Waals surface area contributed by atoms with Gasteiger partial charge in [-0.1, -0.05) is 30.3 Å². The number of rotatable bonds is 5. The molecule has 0 bridgehead atoms. The van der Waals surface area contributed by atoms with Gasteiger partial charge in [-0.15, -0.1) is 0 Å². The molecule has 2 aromatic carbocycles. The first-order valence-electron chi connectivity index (χ1n) is 8.07. The average molecular weight is 406 g/mol. The summed E-state index contributed by atoms with van der Waals surface area (Å²) in [5.41, 5.74) is -1.64. The molecule has 0 aliphatic carbocycles. The highest BCUT2D eigenvalue weighted by Gasteiger charge is 2.38. The molecule has 0 saturated heterocycles. The highest BCUT2D eigenvalue weighted by molar-refractivity contribution is 6.06. The van der Waals surface area contributed by atoms with Crippen LogP contribution in [0, 0.1) is 10.1 Å². The first-order valence-corrected chi connectivity index (χ1v) is 8.07. The van der Waals surface area contributed by atoms with Gasteiger partial charge in [-0.2, -0.15) is 18.3 Å². The first-order chi connectivity index (χ1) is 13.7. The van der Waals surface area contributed by atoms with Gasteiger partial charge in [-0.3, -0.25) is 20.0 Å². The highest BCUT2D eigenvalue weighted by Crippen LogP contribution is 2.39. The molecule has 8 nitrogen and oxygen atoms in total. The Morgan fingerprint density at radius 3 is 2.48 bits per heavy atom. The summed E-state index contributed by atoms with van der Waals surface area (Å²) in [6.07, 6.45) is -4.72. The number of methoxy groups -OCH3 is 1. The van der Waals surface area contributed by atoms with Crippen LogP contribution < -0.4 is 10.1 Å². The lowest BCUT2D eigenvalue weighted by molar-refractivity contribution is -0.385. The van der Waals surface area contributed by atoms with E-state index in [-0.39, 0.29) is 33.9 Å². The number of halogens is 3. The van der Waals surface area contributed by atoms with Crippen molar-refractivity contribution in [1.29, 1.82) is 0 Å². The number of nitrogens with zero attached hydrogens (tertiary/aromatic N) is 2. The maximum Gasteiger partial charge on any atom is 0.433 e. The lowest BCUT2D eigenvalue weighted by atomic mass is 10.0. The SMILES string of the molecule is COc1cc(C(=O)Nc2n[nH]c(C(F)(F)F)c2-c2ccccc2)ccc1[N+](=O)[O-]. The zero-order chi connectivity index (χ0) is 21.2. The number of amides is 1. The number of nitro groups is 1. The number of benzene rings is 2. The van der Waals surface area contributed by atoms with Crippen LogP contribution in [0.15, 0.2) is 48.5 Å². The smallest absolute Gasteiger partial charge is 0.433 e. The van der Waals surface area contributed by atoms with Gasteiger partial charge in [0.2, 0.25) is 0 Å². The van der Waals surface area contributed by atoms with E-state index in [0.717, 1.165) is 18.2 Å². The number of hydrogen-bond acceptors (Lipinski definition) is 5. The molecule has 150 valence electrons. The van der Waals surface area contributed by atoms with Gasteiger partial charge in [0.05, 0.1) is 17.6 Å². The van der Waals surface area contributed by atoms with E-state index in [9.17, 15) is 28.1 Å². The third kappa shape index (κ3) is 4.03. The van der Waals surface area contributed by atoms with E-state index in [1.807, 2.05) is 5.10 Å². The van der Waals surface area contributed by atoms with Crippen molar-refractivity contribution in [1.82, 2.24) is 10.2 Å². The van der Waals surface area contributed by atoms with E-state index in [2.05, 4.69) is 10.4 Å². The molecule has 0 aliphatic rings. The Bertz CT molecular complexity index is 1060. The van der Waals surface area contributed by atoms with Crippen molar-refractivity contribution >= 4 is 17.4 Å². The predicted octanol–water partition coefficient (Wildman–Crippen LogP) is 4.26. The Labute approximate surface area is 161 Å². The van der Waals surface area contributed by atoms with Gasteiger partial charge in [0.25, 0.3) is 5.91 Å². The Morgan fingerprint density at radius 2 is 1.90 bits per heavy atom. The van der Waals surface area contributed by atoms with Crippen LogP contribution in [0.2, 0.25) is 0 Å². The first kappa shape index (κ1) is 19.9. The number of nitrogens with one attached hydrogen (secondary N) is 2. The molecule has 1 heterocycles. The molecule has 29 heavy (non-hydrogen) atoms. The summed E-state index contributed by atoms with van der Waals surface area (Å²) in [4.78, 5) is 22.8. The van der Waals surface area contributed by atoms with Gasteiger partial charge in [-0.25, -0.2) is 0 Å². The van der Waals surface area contributed by atoms with Crippen molar-refractivity contribution in [2.24, 2.45) is 0 Å². The van der Waals surface area contributed by atoms with Crippen molar-refractivity contribution in [3.8, 4) is 16.9 Å². The van der Waals surface area contributed by atoms with Crippen LogP contribution in [0.1, 0.15) is 16.1 Å². The molecule has 1 aromatic heterocycles. The molecule has 0 radical (unpaired) electrons. The summed E-state index contributed by atoms with van der Waals surface area (Å²) in [6.45, 7) is 0. The van der Waals surface area contributed by atoms with Gasteiger partial charge in [-0.05, 0) is 11.6 Å². The number of ether oxygens (including phenoxy) is 1. The Morgan fingerprint density at radius 1 is 1.21 bits per heavy atom. The Balaban J connectivity index is 2.00. The van der Waals surface area contributed by atoms with Gasteiger partial charge >= 0.3 is 11.9 Å². The minimum absolute atomic E-state index is 0.0528. The fraction of sp³-hybridized carbons (Fsp3) is 0.111. The second kappa shape index (κ2) is 7.62. The predicted molar refractivity (Wildman–Crippen MR) is 96.6 cm³/mol. The van der Waals surface area contributed by atoms with Gasteiger partial charge < -0.3 is 10.1 Å². The third-order valence-electron chi connectivity index (χ3n) is 3.98. The second-order valence-electron chi connectivity index (χ2n) is 5.78. The number of H-pyrrole nitrogens is 1. The van der Waals surface area contributed by atoms with E-state index in [1.165, 1.54) is 19.2 Å². The fourth-order valence-electron chi connectivity index (χ4n) is 2.67. The minimum Gasteiger partial charge on any atom is -0.490 e. The fourth-order valence-corrected chi connectivity index (χ4v) is 2.67. The van der Waals surface area contributed by atoms with Gasteiger partial charge in [0.1, 0.15) is 5.69 Å². The zero-order valence-electron chi connectivity index (χ0n) is 14.8. The lowest BCUT2D eigenvalue weighted by Gasteiger charge is -2.10. The average Bonchev–Trinajstić information content (AvgIpc) is 3.12. The summed E-state index contributed by atoms with van der Waals surface area (Å²) >= 11 is 0. The number of carbonyl (C=O) groups excluding carboxylic acids is 1. The normalized spacial score (nSPS) is 11.2. The number of nitro benzene ring substituents is 1. The number of carbonyl (C=O) groups is 1. The largest absolute Gasteiger partial charge is 0.490 e. The molecular weight excluding hydrogens is 393 g/mol. The molecule has 0 spiro atoms. The van der Waals surface area contributed by atoms with Crippen LogP contribution in [0.5, 0.6) is 5.75 Å². The van der Waals surface area contributed by atoms with Gasteiger partial charge in [0, 0.05) is 17.7 Å². The van der Waals surface area contributed by atoms with E-state index >= 15 is 0 Å². The van der Waals surface area contributed by atoms with Crippen molar-refractivity contribution in [2.45, 2.75) is 6.18 Å². The summed E-state index contributed by atoms with van der Waals surface area (Å²) in [7, 11) is 1.20. The molecule has 11 heteroatoms. The standard InChI is InChI=1S/C18H13F3N4O4/c1-29-13-9-11(7-8-12(13)25(27)28)17(26)22-16-14(10-5-3-2-4-6-10)15(23-24-16)18(19,20)21/h2-9H,1H3,(H2,22,23,24,26). The monoisotopic (exact) mass is 406 g/mol. The number of anilines is 1.